The van der Waals surface area contributed by atoms with E-state index in [1.807, 2.05) is 11.7 Å². The smallest absolute Gasteiger partial charge is 0.349 e. The number of carbonyl (C=O) groups is 2. The van der Waals surface area contributed by atoms with Gasteiger partial charge < -0.3 is 10.2 Å². The average molecular weight is 434 g/mol. The van der Waals surface area contributed by atoms with Gasteiger partial charge in [0.25, 0.3) is 0 Å². The van der Waals surface area contributed by atoms with Crippen molar-refractivity contribution in [3.05, 3.63) is 52.8 Å². The summed E-state index contributed by atoms with van der Waals surface area (Å²) in [6, 6.07) is 3.97. The van der Waals surface area contributed by atoms with Gasteiger partial charge in [-0.05, 0) is 43.4 Å². The van der Waals surface area contributed by atoms with Crippen molar-refractivity contribution < 1.29 is 22.8 Å². The number of fused-ring (bicyclic) bond motifs is 1. The van der Waals surface area contributed by atoms with Crippen LogP contribution in [0.15, 0.2) is 30.5 Å². The first-order chi connectivity index (χ1) is 14.7. The van der Waals surface area contributed by atoms with Crippen LogP contribution in [0.4, 0.5) is 13.2 Å². The molecule has 0 spiro atoms. The molecule has 1 N–H and O–H groups in total. The number of aromatic nitrogens is 2. The zero-order valence-electron chi connectivity index (χ0n) is 17.4. The van der Waals surface area contributed by atoms with Crippen molar-refractivity contribution in [1.29, 1.82) is 0 Å². The molecule has 0 saturated carbocycles. The number of likely N-dealkylation sites (tertiary alicyclic amines) is 1. The minimum atomic E-state index is -4.44. The number of rotatable bonds is 3. The molecule has 1 fully saturated rings. The Morgan fingerprint density at radius 1 is 1.13 bits per heavy atom. The zero-order valence-corrected chi connectivity index (χ0v) is 17.4. The molecule has 2 aliphatic rings. The number of halogens is 3. The van der Waals surface area contributed by atoms with E-state index in [0.29, 0.717) is 12.0 Å². The number of piperidine rings is 1. The number of aryl methyl sites for hydroxylation is 1. The van der Waals surface area contributed by atoms with Gasteiger partial charge in [0.15, 0.2) is 0 Å². The van der Waals surface area contributed by atoms with Crippen molar-refractivity contribution in [1.82, 2.24) is 20.0 Å². The second-order valence-corrected chi connectivity index (χ2v) is 8.34. The number of hydrogen-bond acceptors (Lipinski definition) is 3. The lowest BCUT2D eigenvalue weighted by atomic mass is 9.83. The Kier molecular flexibility index (Phi) is 5.53. The van der Waals surface area contributed by atoms with Crippen LogP contribution in [-0.2, 0) is 29.2 Å². The van der Waals surface area contributed by atoms with Crippen LogP contribution >= 0.6 is 0 Å². The lowest BCUT2D eigenvalue weighted by Gasteiger charge is -2.39. The third-order valence-corrected chi connectivity index (χ3v) is 6.47. The molecule has 1 aromatic heterocycles. The highest BCUT2D eigenvalue weighted by Gasteiger charge is 2.40. The molecule has 31 heavy (non-hydrogen) atoms. The summed E-state index contributed by atoms with van der Waals surface area (Å²) in [6.07, 6.45) is 0.573. The molecule has 0 bridgehead atoms. The van der Waals surface area contributed by atoms with Gasteiger partial charge in [-0.1, -0.05) is 12.1 Å². The van der Waals surface area contributed by atoms with Crippen LogP contribution < -0.4 is 5.32 Å². The number of benzene rings is 1. The van der Waals surface area contributed by atoms with Gasteiger partial charge >= 0.3 is 6.18 Å². The normalized spacial score (nSPS) is 24.1. The maximum atomic E-state index is 13.3. The molecule has 1 saturated heterocycles. The molecule has 9 heteroatoms. The Morgan fingerprint density at radius 2 is 1.84 bits per heavy atom. The zero-order chi connectivity index (χ0) is 22.3. The van der Waals surface area contributed by atoms with Crippen LogP contribution in [0, 0.1) is 5.92 Å². The number of amides is 2. The van der Waals surface area contributed by atoms with E-state index >= 15 is 0 Å². The Balaban J connectivity index is 1.58. The molecule has 2 amide bonds. The molecule has 3 atom stereocenters. The maximum Gasteiger partial charge on any atom is 0.416 e. The summed E-state index contributed by atoms with van der Waals surface area (Å²) in [6.45, 7) is 0. The summed E-state index contributed by atoms with van der Waals surface area (Å²) in [4.78, 5) is 27.1. The van der Waals surface area contributed by atoms with Crippen molar-refractivity contribution in [2.45, 2.75) is 50.4 Å². The lowest BCUT2D eigenvalue weighted by molar-refractivity contribution is -0.142. The van der Waals surface area contributed by atoms with E-state index in [1.165, 1.54) is 17.0 Å². The summed E-state index contributed by atoms with van der Waals surface area (Å²) in [5, 5.41) is 7.42. The largest absolute Gasteiger partial charge is 0.416 e. The number of nitrogens with zero attached hydrogens (tertiary/aromatic N) is 3. The van der Waals surface area contributed by atoms with E-state index in [1.54, 1.807) is 13.2 Å². The van der Waals surface area contributed by atoms with E-state index in [0.717, 1.165) is 42.7 Å². The summed E-state index contributed by atoms with van der Waals surface area (Å²) >= 11 is 0. The molecular formula is C22H25F3N4O2. The Morgan fingerprint density at radius 3 is 2.52 bits per heavy atom. The number of carbonyl (C=O) groups excluding carboxylic acids is 2. The number of hydrogen-bond donors (Lipinski definition) is 1. The standard InChI is InChI=1S/C22H25F3N4O2/c1-28-19(30)11-10-15(20(28)13-6-8-14(9-7-13)22(23,24)25)21(31)27-17-4-3-5-18-16(17)12-26-29(18)2/h6-9,12,15,17,20H,3-5,10-11H2,1-2H3,(H,27,31). The molecule has 2 heterocycles. The minimum absolute atomic E-state index is 0.124. The van der Waals surface area contributed by atoms with Gasteiger partial charge in [0, 0.05) is 31.8 Å². The molecule has 2 aromatic rings. The van der Waals surface area contributed by atoms with Gasteiger partial charge in [0.05, 0.1) is 29.8 Å². The quantitative estimate of drug-likeness (QED) is 0.804. The predicted octanol–water partition coefficient (Wildman–Crippen LogP) is 3.54. The molecule has 166 valence electrons. The Hall–Kier alpha value is -2.84. The lowest BCUT2D eigenvalue weighted by Crippen LogP contribution is -2.47. The van der Waals surface area contributed by atoms with E-state index in [4.69, 9.17) is 0 Å². The molecule has 1 aliphatic heterocycles. The number of alkyl halides is 3. The van der Waals surface area contributed by atoms with Gasteiger partial charge in [-0.25, -0.2) is 0 Å². The second kappa shape index (κ2) is 8.01. The molecule has 1 aliphatic carbocycles. The van der Waals surface area contributed by atoms with Crippen LogP contribution in [0.5, 0.6) is 0 Å². The molecule has 6 nitrogen and oxygen atoms in total. The van der Waals surface area contributed by atoms with Crippen molar-refractivity contribution in [3.8, 4) is 0 Å². The summed E-state index contributed by atoms with van der Waals surface area (Å²) in [5.41, 5.74) is 1.88. The topological polar surface area (TPSA) is 67.2 Å². The summed E-state index contributed by atoms with van der Waals surface area (Å²) in [5.74, 6) is -0.853. The monoisotopic (exact) mass is 434 g/mol. The van der Waals surface area contributed by atoms with Crippen molar-refractivity contribution in [3.63, 3.8) is 0 Å². The maximum absolute atomic E-state index is 13.3. The number of nitrogens with one attached hydrogen (secondary N) is 1. The first-order valence-corrected chi connectivity index (χ1v) is 10.4. The first kappa shape index (κ1) is 21.4. The van der Waals surface area contributed by atoms with Crippen LogP contribution in [0.25, 0.3) is 0 Å². The third-order valence-electron chi connectivity index (χ3n) is 6.47. The second-order valence-electron chi connectivity index (χ2n) is 8.34. The van der Waals surface area contributed by atoms with E-state index in [9.17, 15) is 22.8 Å². The molecule has 3 unspecified atom stereocenters. The Bertz CT molecular complexity index is 984. The first-order valence-electron chi connectivity index (χ1n) is 10.4. The highest BCUT2D eigenvalue weighted by molar-refractivity contribution is 5.85. The summed E-state index contributed by atoms with van der Waals surface area (Å²) in [7, 11) is 3.48. The molecule has 0 radical (unpaired) electrons. The summed E-state index contributed by atoms with van der Waals surface area (Å²) < 4.78 is 40.7. The van der Waals surface area contributed by atoms with E-state index in [-0.39, 0.29) is 24.3 Å². The van der Waals surface area contributed by atoms with Gasteiger partial charge in [-0.15, -0.1) is 0 Å². The van der Waals surface area contributed by atoms with Crippen molar-refractivity contribution >= 4 is 11.8 Å². The average Bonchev–Trinajstić information content (AvgIpc) is 3.11. The van der Waals surface area contributed by atoms with Crippen LogP contribution in [-0.4, -0.2) is 33.5 Å². The van der Waals surface area contributed by atoms with Gasteiger partial charge in [0.2, 0.25) is 11.8 Å². The van der Waals surface area contributed by atoms with Gasteiger partial charge in [0.1, 0.15) is 0 Å². The molecule has 4 rings (SSSR count). The van der Waals surface area contributed by atoms with Crippen molar-refractivity contribution in [2.24, 2.45) is 13.0 Å². The van der Waals surface area contributed by atoms with Crippen LogP contribution in [0.3, 0.4) is 0 Å². The fourth-order valence-corrected chi connectivity index (χ4v) is 4.77. The van der Waals surface area contributed by atoms with E-state index < -0.39 is 23.7 Å². The Labute approximate surface area is 178 Å². The van der Waals surface area contributed by atoms with Crippen LogP contribution in [0.1, 0.15) is 60.2 Å². The minimum Gasteiger partial charge on any atom is -0.349 e. The van der Waals surface area contributed by atoms with E-state index in [2.05, 4.69) is 10.4 Å². The molecular weight excluding hydrogens is 409 g/mol. The highest BCUT2D eigenvalue weighted by atomic mass is 19.4. The van der Waals surface area contributed by atoms with Gasteiger partial charge in [-0.3, -0.25) is 14.3 Å². The molecule has 1 aromatic carbocycles. The fourth-order valence-electron chi connectivity index (χ4n) is 4.77. The van der Waals surface area contributed by atoms with Crippen LogP contribution in [0.2, 0.25) is 0 Å². The highest BCUT2D eigenvalue weighted by Crippen LogP contribution is 2.38. The van der Waals surface area contributed by atoms with Gasteiger partial charge in [-0.2, -0.15) is 18.3 Å². The van der Waals surface area contributed by atoms with Crippen molar-refractivity contribution in [2.75, 3.05) is 7.05 Å². The SMILES string of the molecule is CN1C(=O)CCC(C(=O)NC2CCCc3c2cnn3C)C1c1ccc(C(F)(F)F)cc1. The third kappa shape index (κ3) is 4.05. The predicted molar refractivity (Wildman–Crippen MR) is 107 cm³/mol. The fraction of sp³-hybridized carbons (Fsp3) is 0.500.